The van der Waals surface area contributed by atoms with E-state index < -0.39 is 79.2 Å². The molecule has 7 atom stereocenters. The number of nitrogens with one attached hydrogen (secondary N) is 3. The van der Waals surface area contributed by atoms with Crippen LogP contribution in [0.2, 0.25) is 0 Å². The summed E-state index contributed by atoms with van der Waals surface area (Å²) in [5, 5.41) is 57.8. The summed E-state index contributed by atoms with van der Waals surface area (Å²) >= 11 is 1.52. The maximum atomic E-state index is 13.0. The van der Waals surface area contributed by atoms with Crippen LogP contribution >= 0.6 is 11.8 Å². The standard InChI is InChI=1S/C26H42N4O9S/c1-14(2)11-18(29-24(37)16(27)9-10-40-3)25(38)30-19(13-31)21(34)22(35)23(36)26(39)28-17(12-20(32)33)15-7-5-4-6-8-15/h4-8,14,16-19,21-23,31,34-36H,9-13,27H2,1-3H3,(H,28,39)(H,29,37)(H,30,38)(H,32,33). The van der Waals surface area contributed by atoms with Crippen molar-refractivity contribution in [1.82, 2.24) is 16.0 Å². The van der Waals surface area contributed by atoms with Crippen LogP contribution in [0.1, 0.15) is 44.7 Å². The van der Waals surface area contributed by atoms with Crippen LogP contribution in [0.3, 0.4) is 0 Å². The van der Waals surface area contributed by atoms with Crippen LogP contribution in [0.4, 0.5) is 0 Å². The molecule has 1 aromatic rings. The summed E-state index contributed by atoms with van der Waals surface area (Å²) in [7, 11) is 0. The highest BCUT2D eigenvalue weighted by molar-refractivity contribution is 7.98. The Morgan fingerprint density at radius 3 is 2.08 bits per heavy atom. The summed E-state index contributed by atoms with van der Waals surface area (Å²) in [6.07, 6.45) is -4.46. The van der Waals surface area contributed by atoms with Gasteiger partial charge >= 0.3 is 5.97 Å². The molecule has 40 heavy (non-hydrogen) atoms. The third kappa shape index (κ3) is 11.8. The van der Waals surface area contributed by atoms with Gasteiger partial charge in [-0.25, -0.2) is 0 Å². The summed E-state index contributed by atoms with van der Waals surface area (Å²) in [4.78, 5) is 49.4. The molecule has 0 heterocycles. The minimum Gasteiger partial charge on any atom is -0.481 e. The molecule has 0 bridgehead atoms. The summed E-state index contributed by atoms with van der Waals surface area (Å²) in [5.74, 6) is -3.10. The molecular weight excluding hydrogens is 544 g/mol. The Kier molecular flexibility index (Phi) is 15.7. The van der Waals surface area contributed by atoms with Crippen molar-refractivity contribution in [2.45, 2.75) is 75.6 Å². The molecule has 0 aliphatic heterocycles. The van der Waals surface area contributed by atoms with E-state index in [0.29, 0.717) is 17.7 Å². The number of carbonyl (C=O) groups is 4. The molecule has 14 heteroatoms. The average molecular weight is 587 g/mol. The Hall–Kier alpha value is -2.75. The van der Waals surface area contributed by atoms with Crippen LogP contribution in [-0.2, 0) is 19.2 Å². The van der Waals surface area contributed by atoms with Crippen LogP contribution in [0, 0.1) is 5.92 Å². The number of amides is 3. The number of rotatable bonds is 18. The zero-order chi connectivity index (χ0) is 30.4. The van der Waals surface area contributed by atoms with E-state index in [0.717, 1.165) is 0 Å². The normalized spacial score (nSPS) is 16.6. The van der Waals surface area contributed by atoms with Gasteiger partial charge < -0.3 is 47.2 Å². The number of nitrogens with two attached hydrogens (primary N) is 1. The molecular formula is C26H42N4O9S. The molecule has 0 spiro atoms. The van der Waals surface area contributed by atoms with E-state index in [2.05, 4.69) is 16.0 Å². The number of carbonyl (C=O) groups excluding carboxylic acids is 3. The fourth-order valence-corrected chi connectivity index (χ4v) is 4.32. The maximum absolute atomic E-state index is 13.0. The van der Waals surface area contributed by atoms with Crippen LogP contribution < -0.4 is 21.7 Å². The molecule has 7 unspecified atom stereocenters. The van der Waals surface area contributed by atoms with Gasteiger partial charge in [0.15, 0.2) is 6.10 Å². The van der Waals surface area contributed by atoms with Crippen molar-refractivity contribution in [3.8, 4) is 0 Å². The first-order valence-electron chi connectivity index (χ1n) is 12.9. The molecule has 3 amide bonds. The van der Waals surface area contributed by atoms with Gasteiger partial charge in [0.25, 0.3) is 5.91 Å². The molecule has 0 saturated carbocycles. The monoisotopic (exact) mass is 586 g/mol. The van der Waals surface area contributed by atoms with Crippen LogP contribution in [0.5, 0.6) is 0 Å². The van der Waals surface area contributed by atoms with Gasteiger partial charge in [-0.15, -0.1) is 0 Å². The highest BCUT2D eigenvalue weighted by atomic mass is 32.2. The minimum atomic E-state index is -2.23. The topological polar surface area (TPSA) is 232 Å². The lowest BCUT2D eigenvalue weighted by atomic mass is 9.98. The molecule has 0 fully saturated rings. The molecule has 1 rings (SSSR count). The van der Waals surface area contributed by atoms with Gasteiger partial charge in [0, 0.05) is 0 Å². The molecule has 0 saturated heterocycles. The average Bonchev–Trinajstić information content (AvgIpc) is 2.92. The van der Waals surface area contributed by atoms with Gasteiger partial charge in [-0.1, -0.05) is 44.2 Å². The first kappa shape index (κ1) is 35.3. The lowest BCUT2D eigenvalue weighted by Gasteiger charge is -2.31. The van der Waals surface area contributed by atoms with Gasteiger partial charge in [-0.2, -0.15) is 11.8 Å². The summed E-state index contributed by atoms with van der Waals surface area (Å²) in [5.41, 5.74) is 6.33. The third-order valence-corrected chi connectivity index (χ3v) is 6.73. The van der Waals surface area contributed by atoms with Crippen molar-refractivity contribution in [3.63, 3.8) is 0 Å². The second-order valence-electron chi connectivity index (χ2n) is 9.87. The fraction of sp³-hybridized carbons (Fsp3) is 0.615. The second kappa shape index (κ2) is 17.8. The highest BCUT2D eigenvalue weighted by Crippen LogP contribution is 2.18. The molecule has 10 N–H and O–H groups in total. The fourth-order valence-electron chi connectivity index (χ4n) is 3.83. The number of carboxylic acids is 1. The van der Waals surface area contributed by atoms with Crippen molar-refractivity contribution in [2.75, 3.05) is 18.6 Å². The van der Waals surface area contributed by atoms with Crippen molar-refractivity contribution < 1.29 is 44.7 Å². The van der Waals surface area contributed by atoms with E-state index in [1.807, 2.05) is 20.1 Å². The zero-order valence-corrected chi connectivity index (χ0v) is 23.7. The predicted molar refractivity (Wildman–Crippen MR) is 149 cm³/mol. The smallest absolute Gasteiger partial charge is 0.305 e. The lowest BCUT2D eigenvalue weighted by Crippen LogP contribution is -2.60. The van der Waals surface area contributed by atoms with Crippen LogP contribution in [0.25, 0.3) is 0 Å². The Bertz CT molecular complexity index is 953. The predicted octanol–water partition coefficient (Wildman–Crippen LogP) is -1.51. The van der Waals surface area contributed by atoms with E-state index in [1.54, 1.807) is 30.3 Å². The van der Waals surface area contributed by atoms with E-state index in [-0.39, 0.29) is 12.3 Å². The van der Waals surface area contributed by atoms with Crippen molar-refractivity contribution in [1.29, 1.82) is 0 Å². The largest absolute Gasteiger partial charge is 0.481 e. The lowest BCUT2D eigenvalue weighted by molar-refractivity contribution is -0.145. The van der Waals surface area contributed by atoms with Crippen LogP contribution in [-0.4, -0.2) is 104 Å². The molecule has 0 radical (unpaired) electrons. The second-order valence-corrected chi connectivity index (χ2v) is 10.9. The molecule has 226 valence electrons. The molecule has 13 nitrogen and oxygen atoms in total. The Labute approximate surface area is 237 Å². The number of thioether (sulfide) groups is 1. The number of aliphatic hydroxyl groups excluding tert-OH is 4. The number of carboxylic acid groups (broad SMARTS) is 1. The van der Waals surface area contributed by atoms with Gasteiger partial charge in [0.05, 0.1) is 31.2 Å². The molecule has 0 aliphatic rings. The first-order valence-corrected chi connectivity index (χ1v) is 14.3. The van der Waals surface area contributed by atoms with E-state index in [1.165, 1.54) is 11.8 Å². The summed E-state index contributed by atoms with van der Waals surface area (Å²) in [6.45, 7) is 2.77. The third-order valence-electron chi connectivity index (χ3n) is 6.09. The van der Waals surface area contributed by atoms with Gasteiger partial charge in [0.2, 0.25) is 11.8 Å². The maximum Gasteiger partial charge on any atom is 0.305 e. The molecule has 1 aromatic carbocycles. The number of aliphatic hydroxyl groups is 4. The Balaban J connectivity index is 2.93. The number of benzene rings is 1. The summed E-state index contributed by atoms with van der Waals surface area (Å²) in [6, 6.07) is 3.63. The minimum absolute atomic E-state index is 0.0320. The van der Waals surface area contributed by atoms with E-state index >= 15 is 0 Å². The van der Waals surface area contributed by atoms with E-state index in [4.69, 9.17) is 5.73 Å². The number of hydrogen-bond donors (Lipinski definition) is 9. The first-order chi connectivity index (χ1) is 18.8. The number of aliphatic carboxylic acids is 1. The van der Waals surface area contributed by atoms with Crippen molar-refractivity contribution in [2.24, 2.45) is 11.7 Å². The zero-order valence-electron chi connectivity index (χ0n) is 22.9. The Morgan fingerprint density at radius 1 is 0.925 bits per heavy atom. The van der Waals surface area contributed by atoms with E-state index in [9.17, 15) is 44.7 Å². The molecule has 0 aliphatic carbocycles. The van der Waals surface area contributed by atoms with Crippen molar-refractivity contribution >= 4 is 35.5 Å². The highest BCUT2D eigenvalue weighted by Gasteiger charge is 2.37. The van der Waals surface area contributed by atoms with Gasteiger partial charge in [-0.3, -0.25) is 19.2 Å². The molecule has 0 aromatic heterocycles. The SMILES string of the molecule is CSCCC(N)C(=O)NC(CC(C)C)C(=O)NC(CO)C(O)C(O)C(O)C(=O)NC(CC(=O)O)c1ccccc1. The Morgan fingerprint density at radius 2 is 1.55 bits per heavy atom. The van der Waals surface area contributed by atoms with Gasteiger partial charge in [0.1, 0.15) is 18.2 Å². The number of hydrogen-bond acceptors (Lipinski definition) is 10. The van der Waals surface area contributed by atoms with Gasteiger partial charge in [-0.05, 0) is 36.3 Å². The van der Waals surface area contributed by atoms with Crippen LogP contribution in [0.15, 0.2) is 30.3 Å². The van der Waals surface area contributed by atoms with Crippen molar-refractivity contribution in [3.05, 3.63) is 35.9 Å². The summed E-state index contributed by atoms with van der Waals surface area (Å²) < 4.78 is 0. The quantitative estimate of drug-likeness (QED) is 0.0959.